The molecule has 0 bridgehead atoms. The van der Waals surface area contributed by atoms with Crippen molar-refractivity contribution in [3.8, 4) is 0 Å². The van der Waals surface area contributed by atoms with Gasteiger partial charge in [0, 0.05) is 14.8 Å². The van der Waals surface area contributed by atoms with Gasteiger partial charge in [-0.25, -0.2) is 0 Å². The molecule has 4 heteroatoms. The third-order valence-corrected chi connectivity index (χ3v) is 4.08. The van der Waals surface area contributed by atoms with Gasteiger partial charge in [-0.2, -0.15) is 0 Å². The van der Waals surface area contributed by atoms with Crippen LogP contribution in [0.3, 0.4) is 0 Å². The smallest absolute Gasteiger partial charge is 0.0646 e. The molecule has 0 aliphatic heterocycles. The van der Waals surface area contributed by atoms with Gasteiger partial charge in [-0.1, -0.05) is 35.0 Å². The van der Waals surface area contributed by atoms with Crippen molar-refractivity contribution >= 4 is 40.7 Å². The van der Waals surface area contributed by atoms with Gasteiger partial charge in [-0.05, 0) is 48.9 Å². The summed E-state index contributed by atoms with van der Waals surface area (Å²) in [6.45, 7) is 2.02. The molecule has 0 amide bonds. The zero-order valence-corrected chi connectivity index (χ0v) is 11.5. The summed E-state index contributed by atoms with van der Waals surface area (Å²) in [5, 5.41) is 1.33. The number of nitrogens with two attached hydrogens (primary N) is 1. The molecule has 0 aromatic heterocycles. The molecule has 0 saturated carbocycles. The third-order valence-electron chi connectivity index (χ3n) is 2.34. The fourth-order valence-corrected chi connectivity index (χ4v) is 2.70. The van der Waals surface area contributed by atoms with Crippen LogP contribution >= 0.6 is 35.0 Å². The predicted molar refractivity (Wildman–Crippen MR) is 76.2 cm³/mol. The Balaban J connectivity index is 2.30. The van der Waals surface area contributed by atoms with Gasteiger partial charge in [-0.15, -0.1) is 0 Å². The molecule has 1 nitrogen and oxygen atoms in total. The van der Waals surface area contributed by atoms with E-state index >= 15 is 0 Å². The van der Waals surface area contributed by atoms with Crippen LogP contribution < -0.4 is 5.73 Å². The monoisotopic (exact) mass is 283 g/mol. The lowest BCUT2D eigenvalue weighted by Gasteiger charge is -2.08. The molecule has 0 aliphatic rings. The first-order valence-corrected chi connectivity index (χ1v) is 6.62. The van der Waals surface area contributed by atoms with E-state index in [1.807, 2.05) is 43.3 Å². The van der Waals surface area contributed by atoms with E-state index in [-0.39, 0.29) is 0 Å². The molecule has 0 saturated heterocycles. The Morgan fingerprint density at radius 1 is 1.06 bits per heavy atom. The zero-order chi connectivity index (χ0) is 12.4. The molecule has 2 aromatic rings. The molecule has 0 fully saturated rings. The normalized spacial score (nSPS) is 10.5. The van der Waals surface area contributed by atoms with Crippen LogP contribution in [0.1, 0.15) is 5.56 Å². The van der Waals surface area contributed by atoms with E-state index in [0.29, 0.717) is 10.7 Å². The topological polar surface area (TPSA) is 26.0 Å². The van der Waals surface area contributed by atoms with E-state index in [1.165, 1.54) is 0 Å². The van der Waals surface area contributed by atoms with Crippen LogP contribution in [0.4, 0.5) is 5.69 Å². The largest absolute Gasteiger partial charge is 0.398 e. The molecular weight excluding hydrogens is 273 g/mol. The maximum Gasteiger partial charge on any atom is 0.0646 e. The number of anilines is 1. The van der Waals surface area contributed by atoms with Gasteiger partial charge in [0.1, 0.15) is 0 Å². The maximum absolute atomic E-state index is 6.02. The molecule has 0 heterocycles. The molecule has 0 unspecified atom stereocenters. The van der Waals surface area contributed by atoms with Crippen LogP contribution in [-0.2, 0) is 0 Å². The number of rotatable bonds is 2. The number of halogens is 2. The van der Waals surface area contributed by atoms with Crippen molar-refractivity contribution < 1.29 is 0 Å². The molecular formula is C13H11Cl2NS. The zero-order valence-electron chi connectivity index (χ0n) is 9.21. The number of nitrogen functional groups attached to an aromatic ring is 1. The first-order chi connectivity index (χ1) is 8.06. The number of aryl methyl sites for hydroxylation is 1. The average molecular weight is 284 g/mol. The summed E-state index contributed by atoms with van der Waals surface area (Å²) in [6.07, 6.45) is 0. The Kier molecular flexibility index (Phi) is 3.87. The van der Waals surface area contributed by atoms with E-state index in [4.69, 9.17) is 28.9 Å². The lowest BCUT2D eigenvalue weighted by Crippen LogP contribution is -1.89. The second-order valence-electron chi connectivity index (χ2n) is 3.70. The van der Waals surface area contributed by atoms with Crippen molar-refractivity contribution in [2.24, 2.45) is 0 Å². The minimum absolute atomic E-state index is 0.590. The second kappa shape index (κ2) is 5.21. The quantitative estimate of drug-likeness (QED) is 0.782. The van der Waals surface area contributed by atoms with E-state index < -0.39 is 0 Å². The number of hydrogen-bond donors (Lipinski definition) is 1. The van der Waals surface area contributed by atoms with Crippen molar-refractivity contribution in [3.05, 3.63) is 52.0 Å². The van der Waals surface area contributed by atoms with Crippen molar-refractivity contribution in [1.82, 2.24) is 0 Å². The summed E-state index contributed by atoms with van der Waals surface area (Å²) in [4.78, 5) is 2.23. The van der Waals surface area contributed by atoms with Crippen LogP contribution in [0.5, 0.6) is 0 Å². The highest BCUT2D eigenvalue weighted by atomic mass is 35.5. The first kappa shape index (κ1) is 12.6. The van der Waals surface area contributed by atoms with Crippen LogP contribution in [0.15, 0.2) is 46.2 Å². The Bertz CT molecular complexity index is 538. The molecule has 17 heavy (non-hydrogen) atoms. The van der Waals surface area contributed by atoms with Crippen molar-refractivity contribution in [3.63, 3.8) is 0 Å². The van der Waals surface area contributed by atoms with Gasteiger partial charge in [0.05, 0.1) is 10.7 Å². The summed E-state index contributed by atoms with van der Waals surface area (Å²) < 4.78 is 0. The van der Waals surface area contributed by atoms with Gasteiger partial charge in [-0.3, -0.25) is 0 Å². The molecule has 0 radical (unpaired) electrons. The SMILES string of the molecule is Cc1cc(N)c(Cl)cc1Sc1ccc(Cl)cc1. The van der Waals surface area contributed by atoms with E-state index in [2.05, 4.69) is 0 Å². The standard InChI is InChI=1S/C13H11Cl2NS/c1-8-6-12(16)11(15)7-13(8)17-10-4-2-9(14)3-5-10/h2-7H,16H2,1H3. The summed E-state index contributed by atoms with van der Waals surface area (Å²) in [7, 11) is 0. The summed E-state index contributed by atoms with van der Waals surface area (Å²) in [6, 6.07) is 11.5. The van der Waals surface area contributed by atoms with E-state index in [1.54, 1.807) is 11.8 Å². The van der Waals surface area contributed by atoms with E-state index in [9.17, 15) is 0 Å². The molecule has 88 valence electrons. The summed E-state index contributed by atoms with van der Waals surface area (Å²) >= 11 is 13.5. The average Bonchev–Trinajstić information content (AvgIpc) is 2.29. The lowest BCUT2D eigenvalue weighted by molar-refractivity contribution is 1.29. The highest BCUT2D eigenvalue weighted by Crippen LogP contribution is 2.34. The van der Waals surface area contributed by atoms with Crippen LogP contribution in [0, 0.1) is 6.92 Å². The fraction of sp³-hybridized carbons (Fsp3) is 0.0769. The number of benzene rings is 2. The Morgan fingerprint density at radius 2 is 1.71 bits per heavy atom. The predicted octanol–water partition coefficient (Wildman–Crippen LogP) is 5.04. The number of hydrogen-bond acceptors (Lipinski definition) is 2. The molecule has 0 spiro atoms. The molecule has 2 N–H and O–H groups in total. The van der Waals surface area contributed by atoms with Gasteiger partial charge >= 0.3 is 0 Å². The molecule has 2 rings (SSSR count). The van der Waals surface area contributed by atoms with Crippen LogP contribution in [-0.4, -0.2) is 0 Å². The molecule has 0 aliphatic carbocycles. The second-order valence-corrected chi connectivity index (χ2v) is 5.65. The maximum atomic E-state index is 6.02. The van der Waals surface area contributed by atoms with Crippen LogP contribution in [0.2, 0.25) is 10.0 Å². The Labute approximate surface area is 115 Å². The fourth-order valence-electron chi connectivity index (χ4n) is 1.43. The molecule has 2 aromatic carbocycles. The summed E-state index contributed by atoms with van der Waals surface area (Å²) in [5.74, 6) is 0. The van der Waals surface area contributed by atoms with Gasteiger partial charge in [0.15, 0.2) is 0 Å². The van der Waals surface area contributed by atoms with Crippen molar-refractivity contribution in [2.75, 3.05) is 5.73 Å². The minimum atomic E-state index is 0.590. The lowest BCUT2D eigenvalue weighted by atomic mass is 10.2. The Hall–Kier alpha value is -0.830. The molecule has 0 atom stereocenters. The highest BCUT2D eigenvalue weighted by Gasteiger charge is 2.05. The highest BCUT2D eigenvalue weighted by molar-refractivity contribution is 7.99. The van der Waals surface area contributed by atoms with Crippen molar-refractivity contribution in [2.45, 2.75) is 16.7 Å². The Morgan fingerprint density at radius 3 is 2.35 bits per heavy atom. The van der Waals surface area contributed by atoms with Crippen molar-refractivity contribution in [1.29, 1.82) is 0 Å². The van der Waals surface area contributed by atoms with Gasteiger partial charge in [0.25, 0.3) is 0 Å². The van der Waals surface area contributed by atoms with E-state index in [0.717, 1.165) is 20.4 Å². The minimum Gasteiger partial charge on any atom is -0.398 e. The third kappa shape index (κ3) is 3.09. The van der Waals surface area contributed by atoms with Crippen LogP contribution in [0.25, 0.3) is 0 Å². The van der Waals surface area contributed by atoms with Gasteiger partial charge in [0.2, 0.25) is 0 Å². The summed E-state index contributed by atoms with van der Waals surface area (Å²) in [5.41, 5.74) is 7.48. The van der Waals surface area contributed by atoms with Gasteiger partial charge < -0.3 is 5.73 Å². The first-order valence-electron chi connectivity index (χ1n) is 5.05.